The van der Waals surface area contributed by atoms with Gasteiger partial charge in [-0.1, -0.05) is 49.6 Å². The van der Waals surface area contributed by atoms with Gasteiger partial charge in [0.25, 0.3) is 0 Å². The van der Waals surface area contributed by atoms with E-state index < -0.39 is 24.0 Å². The van der Waals surface area contributed by atoms with Gasteiger partial charge in [0.1, 0.15) is 0 Å². The van der Waals surface area contributed by atoms with E-state index in [1.165, 1.54) is 11.8 Å². The summed E-state index contributed by atoms with van der Waals surface area (Å²) >= 11 is 0. The molecule has 0 bridgehead atoms. The highest BCUT2D eigenvalue weighted by Gasteiger charge is 2.37. The van der Waals surface area contributed by atoms with Crippen LogP contribution in [0.3, 0.4) is 0 Å². The molecule has 0 aliphatic carbocycles. The first kappa shape index (κ1) is 25.1. The molecule has 2 aromatic rings. The number of carbonyl (C=O) groups excluding carboxylic acids is 4. The maximum atomic E-state index is 12.6. The van der Waals surface area contributed by atoms with E-state index in [1.807, 2.05) is 19.1 Å². The minimum atomic E-state index is -0.943. The van der Waals surface area contributed by atoms with Crippen LogP contribution in [0.15, 0.2) is 48.5 Å². The number of unbranched alkanes of at least 4 members (excludes halogenated alkanes) is 2. The van der Waals surface area contributed by atoms with Crippen molar-refractivity contribution < 1.29 is 28.7 Å². The first-order chi connectivity index (χ1) is 16.3. The smallest absolute Gasteiger partial charge is 0.338 e. The predicted molar refractivity (Wildman–Crippen MR) is 128 cm³/mol. The Labute approximate surface area is 200 Å². The van der Waals surface area contributed by atoms with Crippen molar-refractivity contribution in [2.45, 2.75) is 52.6 Å². The summed E-state index contributed by atoms with van der Waals surface area (Å²) in [5.74, 6) is -2.13. The fourth-order valence-electron chi connectivity index (χ4n) is 3.77. The Morgan fingerprint density at radius 1 is 1.00 bits per heavy atom. The van der Waals surface area contributed by atoms with E-state index in [2.05, 4.69) is 6.92 Å². The normalized spacial score (nSPS) is 16.3. The van der Waals surface area contributed by atoms with Crippen molar-refractivity contribution in [3.63, 3.8) is 0 Å². The van der Waals surface area contributed by atoms with Gasteiger partial charge in [-0.3, -0.25) is 14.4 Å². The van der Waals surface area contributed by atoms with Crippen LogP contribution in [0.25, 0.3) is 0 Å². The van der Waals surface area contributed by atoms with E-state index in [0.29, 0.717) is 23.4 Å². The zero-order chi connectivity index (χ0) is 24.7. The molecule has 7 nitrogen and oxygen atoms in total. The van der Waals surface area contributed by atoms with Crippen LogP contribution in [-0.2, 0) is 19.1 Å². The van der Waals surface area contributed by atoms with Crippen LogP contribution in [-0.4, -0.2) is 42.9 Å². The molecule has 180 valence electrons. The van der Waals surface area contributed by atoms with Gasteiger partial charge in [0.05, 0.1) is 18.1 Å². The lowest BCUT2D eigenvalue weighted by molar-refractivity contribution is -0.151. The summed E-state index contributed by atoms with van der Waals surface area (Å²) < 4.78 is 10.6. The van der Waals surface area contributed by atoms with Gasteiger partial charge in [-0.25, -0.2) is 4.79 Å². The second-order valence-electron chi connectivity index (χ2n) is 8.60. The number of hydrogen-bond acceptors (Lipinski definition) is 6. The summed E-state index contributed by atoms with van der Waals surface area (Å²) in [7, 11) is 0. The van der Waals surface area contributed by atoms with Gasteiger partial charge >= 0.3 is 11.9 Å². The van der Waals surface area contributed by atoms with Crippen LogP contribution >= 0.6 is 0 Å². The number of ketones is 1. The molecule has 0 N–H and O–H groups in total. The molecular formula is C27H31NO6. The largest absolute Gasteiger partial charge is 0.462 e. The quantitative estimate of drug-likeness (QED) is 0.291. The topological polar surface area (TPSA) is 90.0 Å². The van der Waals surface area contributed by atoms with Gasteiger partial charge in [0.2, 0.25) is 11.7 Å². The molecule has 0 saturated carbocycles. The van der Waals surface area contributed by atoms with E-state index in [4.69, 9.17) is 9.47 Å². The zero-order valence-electron chi connectivity index (χ0n) is 19.9. The summed E-state index contributed by atoms with van der Waals surface area (Å²) in [6.45, 7) is 6.08. The monoisotopic (exact) mass is 465 g/mol. The van der Waals surface area contributed by atoms with E-state index in [-0.39, 0.29) is 24.7 Å². The van der Waals surface area contributed by atoms with Crippen LogP contribution in [0, 0.1) is 12.8 Å². The van der Waals surface area contributed by atoms with E-state index in [1.54, 1.807) is 36.4 Å². The Balaban J connectivity index is 1.55. The summed E-state index contributed by atoms with van der Waals surface area (Å²) in [5, 5.41) is 0. The van der Waals surface area contributed by atoms with Crippen molar-refractivity contribution in [2.24, 2.45) is 5.92 Å². The molecule has 1 heterocycles. The Morgan fingerprint density at radius 2 is 1.65 bits per heavy atom. The number of hydrogen-bond donors (Lipinski definition) is 0. The Hall–Kier alpha value is -3.48. The standard InChI is InChI=1S/C27H31NO6/c1-4-5-6-15-33-26(31)21-11-13-23(14-12-21)28-17-22(16-24(28)29)27(32)34-19(3)25(30)20-9-7-18(2)8-10-20/h7-14,19,22H,4-6,15-17H2,1-3H3/t19-,22-/m1/s1. The number of benzene rings is 2. The fourth-order valence-corrected chi connectivity index (χ4v) is 3.77. The molecule has 0 spiro atoms. The van der Waals surface area contributed by atoms with Crippen molar-refractivity contribution in [1.29, 1.82) is 0 Å². The molecule has 2 aromatic carbocycles. The Morgan fingerprint density at radius 3 is 2.29 bits per heavy atom. The number of nitrogens with zero attached hydrogens (tertiary/aromatic N) is 1. The fraction of sp³-hybridized carbons (Fsp3) is 0.407. The average Bonchev–Trinajstić information content (AvgIpc) is 3.23. The number of ether oxygens (including phenoxy) is 2. The molecule has 1 fully saturated rings. The zero-order valence-corrected chi connectivity index (χ0v) is 19.9. The first-order valence-corrected chi connectivity index (χ1v) is 11.7. The molecule has 2 atom stereocenters. The molecule has 1 saturated heterocycles. The lowest BCUT2D eigenvalue weighted by Crippen LogP contribution is -2.30. The summed E-state index contributed by atoms with van der Waals surface area (Å²) in [4.78, 5) is 51.4. The molecule has 1 amide bonds. The number of amides is 1. The third-order valence-electron chi connectivity index (χ3n) is 5.85. The van der Waals surface area contributed by atoms with Crippen molar-refractivity contribution in [2.75, 3.05) is 18.1 Å². The summed E-state index contributed by atoms with van der Waals surface area (Å²) in [5.41, 5.74) is 2.50. The number of carbonyl (C=O) groups is 4. The third kappa shape index (κ3) is 6.31. The minimum Gasteiger partial charge on any atom is -0.462 e. The predicted octanol–water partition coefficient (Wildman–Crippen LogP) is 4.51. The summed E-state index contributed by atoms with van der Waals surface area (Å²) in [6, 6.07) is 13.6. The second kappa shape index (κ2) is 11.6. The number of Topliss-reactive ketones (excluding diaryl/α,β-unsaturated/α-hetero) is 1. The van der Waals surface area contributed by atoms with Crippen LogP contribution in [0.2, 0.25) is 0 Å². The number of aryl methyl sites for hydroxylation is 1. The van der Waals surface area contributed by atoms with Gasteiger partial charge in [0.15, 0.2) is 6.10 Å². The van der Waals surface area contributed by atoms with Crippen molar-refractivity contribution >= 4 is 29.3 Å². The lowest BCUT2D eigenvalue weighted by Gasteiger charge is -2.18. The number of anilines is 1. The first-order valence-electron chi connectivity index (χ1n) is 11.7. The highest BCUT2D eigenvalue weighted by molar-refractivity contribution is 6.02. The number of rotatable bonds is 10. The minimum absolute atomic E-state index is 0.00545. The van der Waals surface area contributed by atoms with E-state index >= 15 is 0 Å². The second-order valence-corrected chi connectivity index (χ2v) is 8.60. The SMILES string of the molecule is CCCCCOC(=O)c1ccc(N2C[C@H](C(=O)O[C@H](C)C(=O)c3ccc(C)cc3)CC2=O)cc1. The molecule has 34 heavy (non-hydrogen) atoms. The molecular weight excluding hydrogens is 434 g/mol. The molecule has 3 rings (SSSR count). The van der Waals surface area contributed by atoms with Crippen molar-refractivity contribution in [3.05, 3.63) is 65.2 Å². The average molecular weight is 466 g/mol. The van der Waals surface area contributed by atoms with Gasteiger partial charge < -0.3 is 14.4 Å². The highest BCUT2D eigenvalue weighted by Crippen LogP contribution is 2.27. The van der Waals surface area contributed by atoms with Crippen LogP contribution in [0.4, 0.5) is 5.69 Å². The van der Waals surface area contributed by atoms with Gasteiger partial charge in [-0.15, -0.1) is 0 Å². The lowest BCUT2D eigenvalue weighted by atomic mass is 10.1. The molecule has 1 aliphatic heterocycles. The Bertz CT molecular complexity index is 1030. The van der Waals surface area contributed by atoms with Gasteiger partial charge in [-0.2, -0.15) is 0 Å². The molecule has 0 aromatic heterocycles. The maximum absolute atomic E-state index is 12.6. The van der Waals surface area contributed by atoms with E-state index in [0.717, 1.165) is 24.8 Å². The Kier molecular flexibility index (Phi) is 8.57. The van der Waals surface area contributed by atoms with Gasteiger partial charge in [-0.05, 0) is 44.5 Å². The van der Waals surface area contributed by atoms with Crippen molar-refractivity contribution in [1.82, 2.24) is 0 Å². The van der Waals surface area contributed by atoms with Crippen LogP contribution in [0.5, 0.6) is 0 Å². The maximum Gasteiger partial charge on any atom is 0.338 e. The molecule has 1 aliphatic rings. The van der Waals surface area contributed by atoms with Gasteiger partial charge in [0, 0.05) is 24.2 Å². The molecule has 0 unspecified atom stereocenters. The summed E-state index contributed by atoms with van der Waals surface area (Å²) in [6.07, 6.45) is 1.95. The molecule has 7 heteroatoms. The van der Waals surface area contributed by atoms with Crippen molar-refractivity contribution in [3.8, 4) is 0 Å². The third-order valence-corrected chi connectivity index (χ3v) is 5.85. The van der Waals surface area contributed by atoms with Crippen LogP contribution in [0.1, 0.15) is 65.8 Å². The highest BCUT2D eigenvalue weighted by atomic mass is 16.5. The van der Waals surface area contributed by atoms with Crippen LogP contribution < -0.4 is 4.90 Å². The number of esters is 2. The van der Waals surface area contributed by atoms with E-state index in [9.17, 15) is 19.2 Å². The molecule has 0 radical (unpaired) electrons.